The molecular formula is C20H26N2O4. The van der Waals surface area contributed by atoms with Crippen LogP contribution in [0, 0.1) is 0 Å². The average Bonchev–Trinajstić information content (AvgIpc) is 2.69. The predicted molar refractivity (Wildman–Crippen MR) is 97.7 cm³/mol. The molecule has 1 saturated heterocycles. The number of allylic oxidation sites excluding steroid dienone is 1. The van der Waals surface area contributed by atoms with Gasteiger partial charge in [0.15, 0.2) is 5.76 Å². The molecule has 0 spiro atoms. The van der Waals surface area contributed by atoms with Crippen molar-refractivity contribution in [3.8, 4) is 5.75 Å². The Morgan fingerprint density at radius 3 is 2.73 bits per heavy atom. The molecule has 2 heterocycles. The third-order valence-corrected chi connectivity index (χ3v) is 4.88. The molecule has 0 saturated carbocycles. The number of ether oxygens (including phenoxy) is 2. The molecule has 0 aromatic heterocycles. The third kappa shape index (κ3) is 4.56. The van der Waals surface area contributed by atoms with Gasteiger partial charge in [-0.3, -0.25) is 9.59 Å². The number of rotatable bonds is 5. The molecule has 6 heteroatoms. The van der Waals surface area contributed by atoms with Crippen LogP contribution in [-0.2, 0) is 20.7 Å². The number of carbonyl (C=O) groups is 2. The van der Waals surface area contributed by atoms with Crippen molar-refractivity contribution >= 4 is 11.8 Å². The number of piperidine rings is 1. The van der Waals surface area contributed by atoms with E-state index in [1.165, 1.54) is 0 Å². The topological polar surface area (TPSA) is 67.9 Å². The predicted octanol–water partition coefficient (Wildman–Crippen LogP) is 2.04. The molecule has 0 aliphatic carbocycles. The van der Waals surface area contributed by atoms with Crippen molar-refractivity contribution in [2.24, 2.45) is 0 Å². The summed E-state index contributed by atoms with van der Waals surface area (Å²) in [4.78, 5) is 26.6. The SMILES string of the molecule is COc1ccccc1CC(=O)N1CCC(NC(=O)C2=CCCCO2)CC1. The van der Waals surface area contributed by atoms with Gasteiger partial charge in [0.25, 0.3) is 5.91 Å². The van der Waals surface area contributed by atoms with Crippen LogP contribution in [-0.4, -0.2) is 49.6 Å². The Morgan fingerprint density at radius 1 is 1.27 bits per heavy atom. The number of nitrogens with zero attached hydrogens (tertiary/aromatic N) is 1. The smallest absolute Gasteiger partial charge is 0.286 e. The number of hydrogen-bond acceptors (Lipinski definition) is 4. The zero-order valence-corrected chi connectivity index (χ0v) is 15.2. The van der Waals surface area contributed by atoms with E-state index in [9.17, 15) is 9.59 Å². The van der Waals surface area contributed by atoms with E-state index in [0.29, 0.717) is 31.9 Å². The second-order valence-electron chi connectivity index (χ2n) is 6.68. The third-order valence-electron chi connectivity index (χ3n) is 4.88. The van der Waals surface area contributed by atoms with Gasteiger partial charge < -0.3 is 19.7 Å². The van der Waals surface area contributed by atoms with E-state index >= 15 is 0 Å². The first-order valence-corrected chi connectivity index (χ1v) is 9.21. The van der Waals surface area contributed by atoms with Gasteiger partial charge in [-0.25, -0.2) is 0 Å². The number of hydrogen-bond donors (Lipinski definition) is 1. The number of likely N-dealkylation sites (tertiary alicyclic amines) is 1. The molecule has 2 aliphatic rings. The van der Waals surface area contributed by atoms with Crippen molar-refractivity contribution < 1.29 is 19.1 Å². The largest absolute Gasteiger partial charge is 0.496 e. The van der Waals surface area contributed by atoms with Gasteiger partial charge in [-0.2, -0.15) is 0 Å². The molecule has 26 heavy (non-hydrogen) atoms. The van der Waals surface area contributed by atoms with Crippen LogP contribution in [0.4, 0.5) is 0 Å². The van der Waals surface area contributed by atoms with Crippen LogP contribution in [0.3, 0.4) is 0 Å². The lowest BCUT2D eigenvalue weighted by Gasteiger charge is -2.32. The number of amides is 2. The van der Waals surface area contributed by atoms with Crippen LogP contribution >= 0.6 is 0 Å². The molecule has 6 nitrogen and oxygen atoms in total. The van der Waals surface area contributed by atoms with Crippen molar-refractivity contribution in [1.82, 2.24) is 10.2 Å². The molecule has 1 aromatic carbocycles. The van der Waals surface area contributed by atoms with Crippen LogP contribution in [0.2, 0.25) is 0 Å². The minimum absolute atomic E-state index is 0.0873. The summed E-state index contributed by atoms with van der Waals surface area (Å²) in [6.07, 6.45) is 5.56. The lowest BCUT2D eigenvalue weighted by molar-refractivity contribution is -0.131. The van der Waals surface area contributed by atoms with Crippen LogP contribution < -0.4 is 10.1 Å². The Morgan fingerprint density at radius 2 is 2.04 bits per heavy atom. The zero-order chi connectivity index (χ0) is 18.4. The maximum Gasteiger partial charge on any atom is 0.286 e. The summed E-state index contributed by atoms with van der Waals surface area (Å²) in [5.41, 5.74) is 0.900. The van der Waals surface area contributed by atoms with Gasteiger partial charge in [-0.1, -0.05) is 18.2 Å². The molecule has 0 atom stereocenters. The highest BCUT2D eigenvalue weighted by Gasteiger charge is 2.25. The van der Waals surface area contributed by atoms with Crippen LogP contribution in [0.15, 0.2) is 36.1 Å². The second-order valence-corrected chi connectivity index (χ2v) is 6.68. The summed E-state index contributed by atoms with van der Waals surface area (Å²) in [6.45, 7) is 1.91. The molecule has 1 aromatic rings. The van der Waals surface area contributed by atoms with Gasteiger partial charge in [-0.05, 0) is 37.8 Å². The Bertz CT molecular complexity index is 678. The van der Waals surface area contributed by atoms with Gasteiger partial charge in [-0.15, -0.1) is 0 Å². The number of carbonyl (C=O) groups excluding carboxylic acids is 2. The fourth-order valence-electron chi connectivity index (χ4n) is 3.37. The summed E-state index contributed by atoms with van der Waals surface area (Å²) < 4.78 is 10.7. The Kier molecular flexibility index (Phi) is 6.15. The Balaban J connectivity index is 1.48. The van der Waals surface area contributed by atoms with Crippen molar-refractivity contribution in [3.63, 3.8) is 0 Å². The quantitative estimate of drug-likeness (QED) is 0.875. The van der Waals surface area contributed by atoms with Crippen molar-refractivity contribution in [2.75, 3.05) is 26.8 Å². The van der Waals surface area contributed by atoms with E-state index in [1.807, 2.05) is 35.2 Å². The molecule has 0 bridgehead atoms. The Hall–Kier alpha value is -2.50. The lowest BCUT2D eigenvalue weighted by atomic mass is 10.0. The van der Waals surface area contributed by atoms with Gasteiger partial charge in [0.1, 0.15) is 5.75 Å². The minimum atomic E-state index is -0.136. The van der Waals surface area contributed by atoms with E-state index in [1.54, 1.807) is 7.11 Å². The number of para-hydroxylation sites is 1. The standard InChI is InChI=1S/C20H26N2O4/c1-25-17-7-3-2-6-15(17)14-19(23)22-11-9-16(10-12-22)21-20(24)18-8-4-5-13-26-18/h2-3,6-8,16H,4-5,9-14H2,1H3,(H,21,24). The molecule has 2 amide bonds. The monoisotopic (exact) mass is 358 g/mol. The molecule has 140 valence electrons. The van der Waals surface area contributed by atoms with Gasteiger partial charge in [0, 0.05) is 24.7 Å². The minimum Gasteiger partial charge on any atom is -0.496 e. The first kappa shape index (κ1) is 18.3. The molecule has 1 fully saturated rings. The van der Waals surface area contributed by atoms with Crippen LogP contribution in [0.25, 0.3) is 0 Å². The average molecular weight is 358 g/mol. The fourth-order valence-corrected chi connectivity index (χ4v) is 3.37. The van der Waals surface area contributed by atoms with Gasteiger partial charge in [0.2, 0.25) is 5.91 Å². The van der Waals surface area contributed by atoms with Crippen molar-refractivity contribution in [1.29, 1.82) is 0 Å². The molecule has 2 aliphatic heterocycles. The van der Waals surface area contributed by atoms with Gasteiger partial charge >= 0.3 is 0 Å². The summed E-state index contributed by atoms with van der Waals surface area (Å²) >= 11 is 0. The lowest BCUT2D eigenvalue weighted by Crippen LogP contribution is -2.47. The number of nitrogens with one attached hydrogen (secondary N) is 1. The first-order valence-electron chi connectivity index (χ1n) is 9.21. The molecule has 3 rings (SSSR count). The molecule has 0 unspecified atom stereocenters. The summed E-state index contributed by atoms with van der Waals surface area (Å²) in [6, 6.07) is 7.68. The van der Waals surface area contributed by atoms with Gasteiger partial charge in [0.05, 0.1) is 20.1 Å². The van der Waals surface area contributed by atoms with E-state index in [0.717, 1.165) is 37.0 Å². The number of methoxy groups -OCH3 is 1. The van der Waals surface area contributed by atoms with E-state index in [2.05, 4.69) is 5.32 Å². The van der Waals surface area contributed by atoms with Crippen molar-refractivity contribution in [2.45, 2.75) is 38.1 Å². The summed E-state index contributed by atoms with van der Waals surface area (Å²) in [5, 5.41) is 3.03. The first-order chi connectivity index (χ1) is 12.7. The highest BCUT2D eigenvalue weighted by atomic mass is 16.5. The maximum atomic E-state index is 12.6. The number of benzene rings is 1. The van der Waals surface area contributed by atoms with E-state index in [4.69, 9.17) is 9.47 Å². The summed E-state index contributed by atoms with van der Waals surface area (Å²) in [7, 11) is 1.61. The zero-order valence-electron chi connectivity index (χ0n) is 15.2. The van der Waals surface area contributed by atoms with E-state index in [-0.39, 0.29) is 17.9 Å². The molecule has 0 radical (unpaired) electrons. The second kappa shape index (κ2) is 8.74. The van der Waals surface area contributed by atoms with Crippen LogP contribution in [0.5, 0.6) is 5.75 Å². The van der Waals surface area contributed by atoms with Crippen molar-refractivity contribution in [3.05, 3.63) is 41.7 Å². The molecule has 1 N–H and O–H groups in total. The highest BCUT2D eigenvalue weighted by molar-refractivity contribution is 5.91. The normalized spacial score (nSPS) is 17.9. The fraction of sp³-hybridized carbons (Fsp3) is 0.500. The summed E-state index contributed by atoms with van der Waals surface area (Å²) in [5.74, 6) is 1.13. The van der Waals surface area contributed by atoms with E-state index < -0.39 is 0 Å². The van der Waals surface area contributed by atoms with Crippen LogP contribution in [0.1, 0.15) is 31.2 Å². The maximum absolute atomic E-state index is 12.6. The highest BCUT2D eigenvalue weighted by Crippen LogP contribution is 2.20. The Labute approximate surface area is 154 Å². The molecular weight excluding hydrogens is 332 g/mol.